The van der Waals surface area contributed by atoms with Gasteiger partial charge in [0.05, 0.1) is 4.92 Å². The predicted octanol–water partition coefficient (Wildman–Crippen LogP) is 3.06. The molecule has 0 unspecified atom stereocenters. The van der Waals surface area contributed by atoms with Crippen molar-refractivity contribution in [2.75, 3.05) is 5.73 Å². The maximum Gasteiger partial charge on any atom is 0.292 e. The Hall–Kier alpha value is -2.56. The minimum Gasteiger partial charge on any atom is -0.489 e. The number of anilines is 1. The largest absolute Gasteiger partial charge is 0.489 e. The summed E-state index contributed by atoms with van der Waals surface area (Å²) < 4.78 is 5.56. The lowest BCUT2D eigenvalue weighted by atomic mass is 10.1. The number of ether oxygens (including phenoxy) is 1. The van der Waals surface area contributed by atoms with E-state index in [0.29, 0.717) is 11.3 Å². The van der Waals surface area contributed by atoms with E-state index < -0.39 is 4.92 Å². The smallest absolute Gasteiger partial charge is 0.292 e. The van der Waals surface area contributed by atoms with Gasteiger partial charge < -0.3 is 10.5 Å². The summed E-state index contributed by atoms with van der Waals surface area (Å²) in [6.45, 7) is 2.19. The van der Waals surface area contributed by atoms with Crippen molar-refractivity contribution in [3.63, 3.8) is 0 Å². The highest BCUT2D eigenvalue weighted by atomic mass is 16.6. The fourth-order valence-electron chi connectivity index (χ4n) is 1.68. The standard InChI is InChI=1S/C14H14N2O3/c1-10-5-7-12(8-6-10)19-9-11-3-2-4-13(14(11)15)16(17)18/h2-8H,9,15H2,1H3. The van der Waals surface area contributed by atoms with Gasteiger partial charge in [0.25, 0.3) is 5.69 Å². The molecular weight excluding hydrogens is 244 g/mol. The van der Waals surface area contributed by atoms with E-state index in [1.54, 1.807) is 12.1 Å². The zero-order chi connectivity index (χ0) is 13.8. The first-order chi connectivity index (χ1) is 9.08. The summed E-state index contributed by atoms with van der Waals surface area (Å²) in [5, 5.41) is 10.8. The molecule has 0 aliphatic rings. The summed E-state index contributed by atoms with van der Waals surface area (Å²) in [5.74, 6) is 0.705. The van der Waals surface area contributed by atoms with Crippen LogP contribution < -0.4 is 10.5 Å². The summed E-state index contributed by atoms with van der Waals surface area (Å²) in [6.07, 6.45) is 0. The Morgan fingerprint density at radius 2 is 1.89 bits per heavy atom. The average Bonchev–Trinajstić information content (AvgIpc) is 2.39. The highest BCUT2D eigenvalue weighted by Crippen LogP contribution is 2.25. The van der Waals surface area contributed by atoms with Gasteiger partial charge in [-0.1, -0.05) is 29.8 Å². The van der Waals surface area contributed by atoms with E-state index in [-0.39, 0.29) is 18.0 Å². The van der Waals surface area contributed by atoms with Gasteiger partial charge in [-0.2, -0.15) is 0 Å². The lowest BCUT2D eigenvalue weighted by Crippen LogP contribution is -2.03. The second-order valence-corrected chi connectivity index (χ2v) is 4.21. The van der Waals surface area contributed by atoms with Crippen LogP contribution in [0.2, 0.25) is 0 Å². The third-order valence-corrected chi connectivity index (χ3v) is 2.79. The van der Waals surface area contributed by atoms with Gasteiger partial charge in [-0.3, -0.25) is 10.1 Å². The lowest BCUT2D eigenvalue weighted by Gasteiger charge is -2.08. The first kappa shape index (κ1) is 12.9. The normalized spacial score (nSPS) is 10.2. The molecular formula is C14H14N2O3. The number of aryl methyl sites for hydroxylation is 1. The van der Waals surface area contributed by atoms with E-state index in [1.165, 1.54) is 6.07 Å². The maximum atomic E-state index is 10.8. The number of nitrogens with zero attached hydrogens (tertiary/aromatic N) is 1. The fourth-order valence-corrected chi connectivity index (χ4v) is 1.68. The highest BCUT2D eigenvalue weighted by Gasteiger charge is 2.14. The quantitative estimate of drug-likeness (QED) is 0.519. The number of nitrogens with two attached hydrogens (primary N) is 1. The summed E-state index contributed by atoms with van der Waals surface area (Å²) in [4.78, 5) is 10.3. The molecule has 0 spiro atoms. The summed E-state index contributed by atoms with van der Waals surface area (Å²) in [6, 6.07) is 12.3. The number of para-hydroxylation sites is 1. The van der Waals surface area contributed by atoms with Gasteiger partial charge in [0.1, 0.15) is 18.0 Å². The van der Waals surface area contributed by atoms with Gasteiger partial charge >= 0.3 is 0 Å². The van der Waals surface area contributed by atoms with Crippen molar-refractivity contribution >= 4 is 11.4 Å². The molecule has 0 fully saturated rings. The molecule has 0 heterocycles. The molecule has 5 heteroatoms. The van der Waals surface area contributed by atoms with Crippen LogP contribution in [-0.4, -0.2) is 4.92 Å². The SMILES string of the molecule is Cc1ccc(OCc2cccc([N+](=O)[O-])c2N)cc1. The monoisotopic (exact) mass is 258 g/mol. The van der Waals surface area contributed by atoms with Crippen LogP contribution in [0.15, 0.2) is 42.5 Å². The van der Waals surface area contributed by atoms with Crippen molar-refractivity contribution in [3.05, 3.63) is 63.7 Å². The number of nitrogen functional groups attached to an aromatic ring is 1. The van der Waals surface area contributed by atoms with Gasteiger partial charge in [-0.25, -0.2) is 0 Å². The van der Waals surface area contributed by atoms with E-state index in [4.69, 9.17) is 10.5 Å². The minimum atomic E-state index is -0.495. The minimum absolute atomic E-state index is 0.0926. The second-order valence-electron chi connectivity index (χ2n) is 4.21. The maximum absolute atomic E-state index is 10.8. The molecule has 0 saturated heterocycles. The molecule has 98 valence electrons. The zero-order valence-electron chi connectivity index (χ0n) is 10.5. The first-order valence-electron chi connectivity index (χ1n) is 5.79. The van der Waals surface area contributed by atoms with Crippen molar-refractivity contribution < 1.29 is 9.66 Å². The van der Waals surface area contributed by atoms with E-state index >= 15 is 0 Å². The zero-order valence-corrected chi connectivity index (χ0v) is 10.5. The number of hydrogen-bond donors (Lipinski definition) is 1. The van der Waals surface area contributed by atoms with Crippen molar-refractivity contribution in [2.24, 2.45) is 0 Å². The van der Waals surface area contributed by atoms with Crippen LogP contribution in [-0.2, 0) is 6.61 Å². The Labute approximate surface area is 110 Å². The van der Waals surface area contributed by atoms with Crippen LogP contribution in [0.25, 0.3) is 0 Å². The van der Waals surface area contributed by atoms with Crippen LogP contribution >= 0.6 is 0 Å². The van der Waals surface area contributed by atoms with Gasteiger partial charge in [-0.15, -0.1) is 0 Å². The van der Waals surface area contributed by atoms with Crippen LogP contribution in [0.1, 0.15) is 11.1 Å². The Morgan fingerprint density at radius 1 is 1.21 bits per heavy atom. The molecule has 0 radical (unpaired) electrons. The molecule has 2 rings (SSSR count). The molecule has 5 nitrogen and oxygen atoms in total. The first-order valence-corrected chi connectivity index (χ1v) is 5.79. The van der Waals surface area contributed by atoms with Crippen LogP contribution in [0.5, 0.6) is 5.75 Å². The van der Waals surface area contributed by atoms with Crippen LogP contribution in [0.3, 0.4) is 0 Å². The lowest BCUT2D eigenvalue weighted by molar-refractivity contribution is -0.384. The Kier molecular flexibility index (Phi) is 3.66. The van der Waals surface area contributed by atoms with Gasteiger partial charge in [0.2, 0.25) is 0 Å². The van der Waals surface area contributed by atoms with Gasteiger partial charge in [0, 0.05) is 11.6 Å². The molecule has 0 saturated carbocycles. The number of nitro benzene ring substituents is 1. The summed E-state index contributed by atoms with van der Waals surface area (Å²) in [7, 11) is 0. The van der Waals surface area contributed by atoms with Crippen LogP contribution in [0, 0.1) is 17.0 Å². The molecule has 0 aliphatic carbocycles. The van der Waals surface area contributed by atoms with E-state index in [0.717, 1.165) is 5.56 Å². The van der Waals surface area contributed by atoms with E-state index in [9.17, 15) is 10.1 Å². The third-order valence-electron chi connectivity index (χ3n) is 2.79. The number of rotatable bonds is 4. The molecule has 2 N–H and O–H groups in total. The molecule has 2 aromatic carbocycles. The molecule has 0 atom stereocenters. The van der Waals surface area contributed by atoms with Crippen LogP contribution in [0.4, 0.5) is 11.4 Å². The number of nitro groups is 1. The number of benzene rings is 2. The molecule has 2 aromatic rings. The molecule has 19 heavy (non-hydrogen) atoms. The fraction of sp³-hybridized carbons (Fsp3) is 0.143. The molecule has 0 bridgehead atoms. The van der Waals surface area contributed by atoms with Crippen molar-refractivity contribution in [3.8, 4) is 5.75 Å². The third kappa shape index (κ3) is 3.01. The predicted molar refractivity (Wildman–Crippen MR) is 73.0 cm³/mol. The highest BCUT2D eigenvalue weighted by molar-refractivity contribution is 5.62. The van der Waals surface area contributed by atoms with Crippen molar-refractivity contribution in [1.82, 2.24) is 0 Å². The molecule has 0 aliphatic heterocycles. The summed E-state index contributed by atoms with van der Waals surface area (Å²) in [5.41, 5.74) is 7.56. The topological polar surface area (TPSA) is 78.4 Å². The average molecular weight is 258 g/mol. The summed E-state index contributed by atoms with van der Waals surface area (Å²) >= 11 is 0. The van der Waals surface area contributed by atoms with E-state index in [1.807, 2.05) is 31.2 Å². The Morgan fingerprint density at radius 3 is 2.53 bits per heavy atom. The van der Waals surface area contributed by atoms with Gasteiger partial charge in [0.15, 0.2) is 0 Å². The second kappa shape index (κ2) is 5.39. The van der Waals surface area contributed by atoms with Gasteiger partial charge in [-0.05, 0) is 19.1 Å². The van der Waals surface area contributed by atoms with Crippen molar-refractivity contribution in [1.29, 1.82) is 0 Å². The molecule has 0 amide bonds. The van der Waals surface area contributed by atoms with Crippen molar-refractivity contribution in [2.45, 2.75) is 13.5 Å². The Balaban J connectivity index is 2.13. The Bertz CT molecular complexity index is 594. The van der Waals surface area contributed by atoms with E-state index in [2.05, 4.69) is 0 Å². The molecule has 0 aromatic heterocycles. The number of hydrogen-bond acceptors (Lipinski definition) is 4.